The van der Waals surface area contributed by atoms with E-state index < -0.39 is 0 Å². The summed E-state index contributed by atoms with van der Waals surface area (Å²) in [5.41, 5.74) is 3.05. The molecule has 2 aliphatic rings. The Morgan fingerprint density at radius 3 is 2.58 bits per heavy atom. The quantitative estimate of drug-likeness (QED) is 0.605. The number of fused-ring (bicyclic) bond motifs is 2. The molecular weight excluding hydrogens is 318 g/mol. The molecule has 4 atom stereocenters. The molecule has 1 fully saturated rings. The Hall–Kier alpha value is -1.57. The van der Waals surface area contributed by atoms with Crippen molar-refractivity contribution >= 4 is 10.9 Å². The van der Waals surface area contributed by atoms with Crippen molar-refractivity contribution in [1.29, 1.82) is 0 Å². The lowest BCUT2D eigenvalue weighted by Crippen LogP contribution is -2.70. The maximum atomic E-state index is 6.60. The molecule has 1 aromatic carbocycles. The van der Waals surface area contributed by atoms with Crippen molar-refractivity contribution in [3.63, 3.8) is 0 Å². The van der Waals surface area contributed by atoms with Gasteiger partial charge in [0.25, 0.3) is 5.52 Å². The third-order valence-electron chi connectivity index (χ3n) is 7.56. The van der Waals surface area contributed by atoms with Crippen molar-refractivity contribution in [1.82, 2.24) is 0 Å². The molecular formula is C24H34NO+. The third-order valence-corrected chi connectivity index (χ3v) is 7.56. The van der Waals surface area contributed by atoms with Crippen molar-refractivity contribution in [2.45, 2.75) is 84.3 Å². The highest BCUT2D eigenvalue weighted by Gasteiger charge is 2.63. The zero-order valence-electron chi connectivity index (χ0n) is 17.1. The van der Waals surface area contributed by atoms with Gasteiger partial charge in [-0.15, -0.1) is 0 Å². The van der Waals surface area contributed by atoms with Crippen LogP contribution in [0.5, 0.6) is 5.75 Å². The van der Waals surface area contributed by atoms with Gasteiger partial charge < -0.3 is 4.74 Å². The molecule has 1 aliphatic carbocycles. The molecule has 2 aromatic rings. The molecule has 0 spiro atoms. The number of rotatable bonds is 5. The highest BCUT2D eigenvalue weighted by Crippen LogP contribution is 2.54. The predicted molar refractivity (Wildman–Crippen MR) is 108 cm³/mol. The topological polar surface area (TPSA) is 13.1 Å². The van der Waals surface area contributed by atoms with E-state index in [4.69, 9.17) is 4.74 Å². The fourth-order valence-electron chi connectivity index (χ4n) is 6.17. The first-order valence-electron chi connectivity index (χ1n) is 10.8. The predicted octanol–water partition coefficient (Wildman–Crippen LogP) is 5.96. The summed E-state index contributed by atoms with van der Waals surface area (Å²) in [4.78, 5) is 0. The van der Waals surface area contributed by atoms with Crippen molar-refractivity contribution < 1.29 is 9.30 Å². The van der Waals surface area contributed by atoms with Gasteiger partial charge in [0.15, 0.2) is 17.5 Å². The zero-order chi connectivity index (χ0) is 18.5. The van der Waals surface area contributed by atoms with Crippen LogP contribution in [0.25, 0.3) is 10.9 Å². The minimum Gasteiger partial charge on any atom is -0.483 e. The zero-order valence-corrected chi connectivity index (χ0v) is 17.1. The molecule has 2 heterocycles. The van der Waals surface area contributed by atoms with Crippen molar-refractivity contribution in [2.75, 3.05) is 0 Å². The maximum absolute atomic E-state index is 6.60. The van der Waals surface area contributed by atoms with Crippen LogP contribution < -0.4 is 9.30 Å². The Morgan fingerprint density at radius 1 is 1.15 bits per heavy atom. The van der Waals surface area contributed by atoms with Crippen LogP contribution in [-0.2, 0) is 5.54 Å². The van der Waals surface area contributed by atoms with E-state index in [1.54, 1.807) is 0 Å². The van der Waals surface area contributed by atoms with Crippen LogP contribution in [0, 0.1) is 11.8 Å². The number of pyridine rings is 1. The summed E-state index contributed by atoms with van der Waals surface area (Å²) >= 11 is 0. The van der Waals surface area contributed by atoms with Crippen LogP contribution in [0.2, 0.25) is 0 Å². The molecule has 0 bridgehead atoms. The van der Waals surface area contributed by atoms with Crippen LogP contribution in [0.3, 0.4) is 0 Å². The van der Waals surface area contributed by atoms with Crippen LogP contribution in [0.15, 0.2) is 30.5 Å². The minimum atomic E-state index is 0.220. The van der Waals surface area contributed by atoms with Crippen molar-refractivity contribution in [3.8, 4) is 5.75 Å². The van der Waals surface area contributed by atoms with E-state index in [9.17, 15) is 0 Å². The van der Waals surface area contributed by atoms with Crippen molar-refractivity contribution in [2.24, 2.45) is 11.8 Å². The number of nitrogens with zero attached hydrogens (tertiary/aromatic N) is 1. The van der Waals surface area contributed by atoms with E-state index in [1.165, 1.54) is 48.6 Å². The lowest BCUT2D eigenvalue weighted by Gasteiger charge is -2.51. The molecule has 1 saturated carbocycles. The molecule has 0 amide bonds. The van der Waals surface area contributed by atoms with Crippen LogP contribution in [0.1, 0.15) is 78.2 Å². The van der Waals surface area contributed by atoms with Gasteiger partial charge >= 0.3 is 0 Å². The molecule has 140 valence electrons. The third kappa shape index (κ3) is 2.27. The number of benzene rings is 1. The van der Waals surface area contributed by atoms with Gasteiger partial charge in [-0.05, 0) is 49.3 Å². The van der Waals surface area contributed by atoms with E-state index in [0.29, 0.717) is 11.8 Å². The van der Waals surface area contributed by atoms with Gasteiger partial charge in [-0.2, -0.15) is 4.57 Å². The van der Waals surface area contributed by atoms with Crippen LogP contribution in [0.4, 0.5) is 0 Å². The van der Waals surface area contributed by atoms with E-state index in [1.807, 2.05) is 0 Å². The highest BCUT2D eigenvalue weighted by molar-refractivity contribution is 5.85. The van der Waals surface area contributed by atoms with E-state index in [0.717, 1.165) is 11.7 Å². The SMILES string of the molecule is CCC(CC)c1ccc2c3c1ccc[n+]3C1(CC)CC(CC)C1C(C)O2. The van der Waals surface area contributed by atoms with Gasteiger partial charge in [0.2, 0.25) is 0 Å². The lowest BCUT2D eigenvalue weighted by molar-refractivity contribution is -0.769. The maximum Gasteiger partial charge on any atom is 0.255 e. The van der Waals surface area contributed by atoms with Gasteiger partial charge in [-0.3, -0.25) is 0 Å². The van der Waals surface area contributed by atoms with Gasteiger partial charge in [-0.25, -0.2) is 0 Å². The summed E-state index contributed by atoms with van der Waals surface area (Å²) in [5.74, 6) is 3.09. The number of aromatic nitrogens is 1. The molecule has 26 heavy (non-hydrogen) atoms. The molecule has 2 nitrogen and oxygen atoms in total. The van der Waals surface area contributed by atoms with Crippen LogP contribution >= 0.6 is 0 Å². The molecule has 1 aliphatic heterocycles. The first-order chi connectivity index (χ1) is 12.6. The molecule has 4 rings (SSSR count). The summed E-state index contributed by atoms with van der Waals surface area (Å²) in [6.45, 7) is 11.6. The number of hydrogen-bond acceptors (Lipinski definition) is 1. The first kappa shape index (κ1) is 17.8. The second-order valence-corrected chi connectivity index (χ2v) is 8.49. The fraction of sp³-hybridized carbons (Fsp3) is 0.625. The Labute approximate surface area is 158 Å². The largest absolute Gasteiger partial charge is 0.483 e. The molecule has 0 saturated heterocycles. The average molecular weight is 353 g/mol. The standard InChI is InChI=1S/C24H34NO/c1-6-17(7-2)19-12-13-21-23-20(19)11-10-14-25(23)24(9-4)15-18(8-3)22(24)16(5)26-21/h10-14,16-18,22H,6-9,15H2,1-5H3/q+1. The number of ether oxygens (including phenoxy) is 1. The van der Waals surface area contributed by atoms with Crippen molar-refractivity contribution in [3.05, 3.63) is 36.0 Å². The molecule has 0 N–H and O–H groups in total. The molecule has 2 heteroatoms. The monoisotopic (exact) mass is 352 g/mol. The fourth-order valence-corrected chi connectivity index (χ4v) is 6.17. The van der Waals surface area contributed by atoms with Crippen LogP contribution in [-0.4, -0.2) is 6.10 Å². The van der Waals surface area contributed by atoms with Gasteiger partial charge in [0.1, 0.15) is 6.10 Å². The second kappa shape index (κ2) is 6.55. The Kier molecular flexibility index (Phi) is 4.49. The molecule has 0 radical (unpaired) electrons. The average Bonchev–Trinajstić information content (AvgIpc) is 2.71. The van der Waals surface area contributed by atoms with E-state index in [2.05, 4.69) is 69.6 Å². The summed E-state index contributed by atoms with van der Waals surface area (Å²) in [5, 5.41) is 1.40. The Bertz CT molecular complexity index is 809. The van der Waals surface area contributed by atoms with Gasteiger partial charge in [0.05, 0.1) is 11.3 Å². The smallest absolute Gasteiger partial charge is 0.255 e. The second-order valence-electron chi connectivity index (χ2n) is 8.49. The Morgan fingerprint density at radius 2 is 1.92 bits per heavy atom. The normalized spacial score (nSPS) is 29.8. The minimum absolute atomic E-state index is 0.220. The number of hydrogen-bond donors (Lipinski definition) is 0. The lowest BCUT2D eigenvalue weighted by atomic mass is 9.55. The van der Waals surface area contributed by atoms with Gasteiger partial charge in [0, 0.05) is 18.9 Å². The molecule has 1 aromatic heterocycles. The summed E-state index contributed by atoms with van der Waals surface area (Å²) in [6, 6.07) is 9.16. The van der Waals surface area contributed by atoms with E-state index >= 15 is 0 Å². The first-order valence-corrected chi connectivity index (χ1v) is 10.8. The summed E-state index contributed by atoms with van der Waals surface area (Å²) in [7, 11) is 0. The molecule has 4 unspecified atom stereocenters. The van der Waals surface area contributed by atoms with Gasteiger partial charge in [-0.1, -0.05) is 40.2 Å². The summed E-state index contributed by atoms with van der Waals surface area (Å²) in [6.07, 6.45) is 8.71. The summed E-state index contributed by atoms with van der Waals surface area (Å²) < 4.78 is 9.22. The Balaban J connectivity index is 1.99. The highest BCUT2D eigenvalue weighted by atomic mass is 16.5. The van der Waals surface area contributed by atoms with E-state index in [-0.39, 0.29) is 11.6 Å².